The minimum absolute atomic E-state index is 0.112. The fraction of sp³-hybridized carbons (Fsp3) is 0.625. The van der Waals surface area contributed by atoms with Gasteiger partial charge in [0.15, 0.2) is 0 Å². The lowest BCUT2D eigenvalue weighted by molar-refractivity contribution is -0.0328. The number of hydrogen-bond acceptors (Lipinski definition) is 8. The number of methoxy groups -OCH3 is 1. The number of aliphatic hydroxyl groups excluding tert-OH is 1. The van der Waals surface area contributed by atoms with Gasteiger partial charge in [0.05, 0.1) is 37.2 Å². The maximum absolute atomic E-state index is 11.0. The first kappa shape index (κ1) is 29.1. The first-order valence-electron chi connectivity index (χ1n) is 15.0. The van der Waals surface area contributed by atoms with Crippen molar-refractivity contribution in [1.29, 1.82) is 0 Å². The Bertz CT molecular complexity index is 1050. The molecule has 8 heteroatoms. The Kier molecular flexibility index (Phi) is 10.6. The van der Waals surface area contributed by atoms with Gasteiger partial charge in [0.25, 0.3) is 0 Å². The molecule has 1 saturated carbocycles. The Morgan fingerprint density at radius 2 is 1.90 bits per heavy atom. The summed E-state index contributed by atoms with van der Waals surface area (Å²) in [5.74, 6) is 1.68. The minimum Gasteiger partial charge on any atom is -0.490 e. The highest BCUT2D eigenvalue weighted by Crippen LogP contribution is 2.35. The summed E-state index contributed by atoms with van der Waals surface area (Å²) in [7, 11) is 1.74. The number of aliphatic hydroxyl groups is 1. The van der Waals surface area contributed by atoms with Crippen molar-refractivity contribution in [2.24, 2.45) is 0 Å². The molecular weight excluding hydrogens is 508 g/mol. The number of fused-ring (bicyclic) bond motifs is 1. The highest BCUT2D eigenvalue weighted by Gasteiger charge is 2.34. The lowest BCUT2D eigenvalue weighted by Gasteiger charge is -2.36. The van der Waals surface area contributed by atoms with E-state index in [9.17, 15) is 5.11 Å². The van der Waals surface area contributed by atoms with Gasteiger partial charge >= 0.3 is 0 Å². The molecule has 0 spiro atoms. The third-order valence-electron chi connectivity index (χ3n) is 8.29. The van der Waals surface area contributed by atoms with Crippen LogP contribution in [0.5, 0.6) is 11.5 Å². The Hall–Kier alpha value is -2.36. The second kappa shape index (κ2) is 14.5. The maximum Gasteiger partial charge on any atom is 0.142 e. The van der Waals surface area contributed by atoms with Gasteiger partial charge in [0.2, 0.25) is 0 Å². The molecule has 5 atom stereocenters. The Morgan fingerprint density at radius 3 is 2.73 bits per heavy atom. The van der Waals surface area contributed by atoms with Crippen LogP contribution in [0.1, 0.15) is 56.1 Å². The third kappa shape index (κ3) is 7.47. The van der Waals surface area contributed by atoms with Crippen molar-refractivity contribution < 1.29 is 28.8 Å². The largest absolute Gasteiger partial charge is 0.490 e. The van der Waals surface area contributed by atoms with E-state index in [1.807, 2.05) is 18.2 Å². The van der Waals surface area contributed by atoms with Crippen LogP contribution in [-0.4, -0.2) is 82.6 Å². The zero-order valence-electron chi connectivity index (χ0n) is 24.1. The molecule has 2 N–H and O–H groups in total. The van der Waals surface area contributed by atoms with Crippen molar-refractivity contribution in [3.63, 3.8) is 0 Å². The molecule has 2 aromatic carbocycles. The summed E-state index contributed by atoms with van der Waals surface area (Å²) in [6.45, 7) is 7.77. The van der Waals surface area contributed by atoms with Crippen LogP contribution in [0, 0.1) is 0 Å². The first-order chi connectivity index (χ1) is 19.6. The van der Waals surface area contributed by atoms with Gasteiger partial charge in [-0.3, -0.25) is 0 Å². The maximum atomic E-state index is 11.0. The van der Waals surface area contributed by atoms with E-state index in [0.29, 0.717) is 32.4 Å². The average molecular weight is 555 g/mol. The van der Waals surface area contributed by atoms with E-state index < -0.39 is 6.10 Å². The number of β-amino-alcohol motifs (C(OH)–C–C–N with tert-alkyl or cyclic N) is 1. The number of benzene rings is 2. The smallest absolute Gasteiger partial charge is 0.142 e. The van der Waals surface area contributed by atoms with Crippen LogP contribution in [0.15, 0.2) is 42.5 Å². The van der Waals surface area contributed by atoms with E-state index in [4.69, 9.17) is 23.7 Å². The lowest BCUT2D eigenvalue weighted by Crippen LogP contribution is -2.49. The van der Waals surface area contributed by atoms with Gasteiger partial charge in [-0.1, -0.05) is 18.2 Å². The average Bonchev–Trinajstić information content (AvgIpc) is 2.97. The van der Waals surface area contributed by atoms with E-state index in [1.165, 1.54) is 0 Å². The number of piperidine rings is 1. The fourth-order valence-electron chi connectivity index (χ4n) is 6.28. The SMILES string of the molecule is CCOC1CCCC(Oc2ccc([C@H]3C(O)CNCC3OCc3ccc4c(c3)N(CCCOC)CCO4)cc2)C1. The van der Waals surface area contributed by atoms with Crippen LogP contribution in [0.25, 0.3) is 0 Å². The molecule has 2 aliphatic heterocycles. The van der Waals surface area contributed by atoms with Crippen LogP contribution in [0.3, 0.4) is 0 Å². The van der Waals surface area contributed by atoms with Crippen LogP contribution in [0.4, 0.5) is 5.69 Å². The van der Waals surface area contributed by atoms with Crippen molar-refractivity contribution in [1.82, 2.24) is 5.32 Å². The molecule has 2 fully saturated rings. The van der Waals surface area contributed by atoms with Gasteiger partial charge in [-0.2, -0.15) is 0 Å². The monoisotopic (exact) mass is 554 g/mol. The molecule has 0 radical (unpaired) electrons. The Morgan fingerprint density at radius 1 is 1.05 bits per heavy atom. The Balaban J connectivity index is 1.21. The van der Waals surface area contributed by atoms with Crippen LogP contribution in [0.2, 0.25) is 0 Å². The molecule has 2 heterocycles. The summed E-state index contributed by atoms with van der Waals surface area (Å²) >= 11 is 0. The second-order valence-electron chi connectivity index (χ2n) is 11.1. The van der Waals surface area contributed by atoms with Crippen molar-refractivity contribution in [2.75, 3.05) is 58.0 Å². The molecule has 40 heavy (non-hydrogen) atoms. The van der Waals surface area contributed by atoms with Crippen molar-refractivity contribution in [3.05, 3.63) is 53.6 Å². The molecule has 0 bridgehead atoms. The van der Waals surface area contributed by atoms with E-state index in [1.54, 1.807) is 7.11 Å². The van der Waals surface area contributed by atoms with Crippen molar-refractivity contribution >= 4 is 5.69 Å². The highest BCUT2D eigenvalue weighted by molar-refractivity contribution is 5.61. The minimum atomic E-state index is -0.524. The zero-order valence-corrected chi connectivity index (χ0v) is 24.1. The van der Waals surface area contributed by atoms with Crippen LogP contribution < -0.4 is 19.7 Å². The number of rotatable bonds is 12. The first-order valence-corrected chi connectivity index (χ1v) is 15.0. The molecule has 8 nitrogen and oxygen atoms in total. The quantitative estimate of drug-likeness (QED) is 0.377. The molecule has 1 aliphatic carbocycles. The zero-order chi connectivity index (χ0) is 27.7. The van der Waals surface area contributed by atoms with Gasteiger partial charge in [0.1, 0.15) is 24.2 Å². The molecule has 2 aromatic rings. The summed E-state index contributed by atoms with van der Waals surface area (Å²) in [5, 5.41) is 14.3. The number of nitrogens with one attached hydrogen (secondary N) is 1. The van der Waals surface area contributed by atoms with Crippen molar-refractivity contribution in [3.8, 4) is 11.5 Å². The molecule has 3 aliphatic rings. The lowest BCUT2D eigenvalue weighted by atomic mass is 9.85. The number of ether oxygens (including phenoxy) is 5. The molecule has 1 saturated heterocycles. The van der Waals surface area contributed by atoms with Crippen molar-refractivity contribution in [2.45, 2.75) is 76.0 Å². The molecule has 4 unspecified atom stereocenters. The molecule has 0 aromatic heterocycles. The number of anilines is 1. The number of hydrogen-bond donors (Lipinski definition) is 2. The third-order valence-corrected chi connectivity index (χ3v) is 8.29. The Labute approximate surface area is 238 Å². The van der Waals surface area contributed by atoms with Gasteiger partial charge < -0.3 is 39.0 Å². The van der Waals surface area contributed by atoms with E-state index in [-0.39, 0.29) is 18.1 Å². The summed E-state index contributed by atoms with van der Waals surface area (Å²) in [6.07, 6.45) is 5.05. The van der Waals surface area contributed by atoms with E-state index in [0.717, 1.165) is 86.7 Å². The number of nitrogens with zero attached hydrogens (tertiary/aromatic N) is 1. The molecule has 5 rings (SSSR count). The van der Waals surface area contributed by atoms with Gasteiger partial charge in [-0.15, -0.1) is 0 Å². The highest BCUT2D eigenvalue weighted by atomic mass is 16.5. The molecule has 220 valence electrons. The summed E-state index contributed by atoms with van der Waals surface area (Å²) in [5.41, 5.74) is 3.29. The van der Waals surface area contributed by atoms with Crippen LogP contribution in [-0.2, 0) is 20.8 Å². The predicted molar refractivity (Wildman–Crippen MR) is 156 cm³/mol. The van der Waals surface area contributed by atoms with Gasteiger partial charge in [0, 0.05) is 52.3 Å². The molecule has 0 amide bonds. The van der Waals surface area contributed by atoms with Gasteiger partial charge in [-0.05, 0) is 68.0 Å². The predicted octanol–water partition coefficient (Wildman–Crippen LogP) is 4.28. The van der Waals surface area contributed by atoms with Crippen LogP contribution >= 0.6 is 0 Å². The summed E-state index contributed by atoms with van der Waals surface area (Å²) in [4.78, 5) is 2.37. The normalized spacial score (nSPS) is 26.7. The fourth-order valence-corrected chi connectivity index (χ4v) is 6.28. The topological polar surface area (TPSA) is 81.7 Å². The van der Waals surface area contributed by atoms with Gasteiger partial charge in [-0.25, -0.2) is 0 Å². The van der Waals surface area contributed by atoms with E-state index in [2.05, 4.69) is 41.4 Å². The molecular formula is C32H46N2O6. The standard InChI is InChI=1S/C32H46N2O6/c1-3-37-26-6-4-7-27(19-26)40-25-11-9-24(10-12-25)32-29(35)20-33-21-31(32)39-22-23-8-13-30-28(18-23)34(15-17-38-30)14-5-16-36-2/h8-13,18,26-27,29,31-33,35H,3-7,14-17,19-22H2,1-2H3/t26?,27?,29?,31?,32-/m0/s1. The summed E-state index contributed by atoms with van der Waals surface area (Å²) < 4.78 is 29.8. The second-order valence-corrected chi connectivity index (χ2v) is 11.1. The summed E-state index contributed by atoms with van der Waals surface area (Å²) in [6, 6.07) is 14.5. The van der Waals surface area contributed by atoms with E-state index >= 15 is 0 Å².